The molecule has 0 amide bonds. The molecule has 2 unspecified atom stereocenters. The first kappa shape index (κ1) is 17.8. The van der Waals surface area contributed by atoms with E-state index < -0.39 is 17.6 Å². The average Bonchev–Trinajstić information content (AvgIpc) is 2.81. The van der Waals surface area contributed by atoms with Gasteiger partial charge in [-0.2, -0.15) is 4.57 Å². The highest BCUT2D eigenvalue weighted by Crippen LogP contribution is 2.52. The Morgan fingerprint density at radius 2 is 1.96 bits per heavy atom. The maximum absolute atomic E-state index is 13.0. The van der Waals surface area contributed by atoms with Crippen molar-refractivity contribution in [3.05, 3.63) is 41.2 Å². The average molecular weight is 344 g/mol. The van der Waals surface area contributed by atoms with Crippen LogP contribution in [0.2, 0.25) is 0 Å². The molecule has 0 saturated heterocycles. The summed E-state index contributed by atoms with van der Waals surface area (Å²) in [4.78, 5) is 24.7. The predicted molar refractivity (Wildman–Crippen MR) is 92.0 cm³/mol. The fourth-order valence-electron chi connectivity index (χ4n) is 4.35. The lowest BCUT2D eigenvalue weighted by Crippen LogP contribution is -2.49. The molecular weight excluding hydrogens is 318 g/mol. The maximum Gasteiger partial charge on any atom is 0.373 e. The summed E-state index contributed by atoms with van der Waals surface area (Å²) < 4.78 is 1.57. The molecule has 0 fully saturated rings. The zero-order valence-corrected chi connectivity index (χ0v) is 15.4. The lowest BCUT2D eigenvalue weighted by atomic mass is 9.69. The van der Waals surface area contributed by atoms with Crippen LogP contribution in [0, 0.1) is 17.3 Å². The highest BCUT2D eigenvalue weighted by atomic mass is 16.4. The standard InChI is InChI=1S/C20H25NO4/c1-11(2)16(18(23)24)21-7-6-14-13(10-21)17(22)12-8-19(3,4)9-15(12)20(14,5)25/h6-8,10-11,15-16,25H,9H2,1-5H3/p+1/t15?,16-,20?/m0/s1. The van der Waals surface area contributed by atoms with Crippen molar-refractivity contribution in [1.82, 2.24) is 0 Å². The number of allylic oxidation sites excluding steroid dienone is 1. The molecule has 1 aromatic rings. The number of carboxylic acids is 1. The number of rotatable bonds is 3. The molecule has 134 valence electrons. The van der Waals surface area contributed by atoms with Crippen LogP contribution in [-0.2, 0) is 10.4 Å². The zero-order valence-electron chi connectivity index (χ0n) is 15.4. The van der Waals surface area contributed by atoms with E-state index in [4.69, 9.17) is 0 Å². The lowest BCUT2D eigenvalue weighted by Gasteiger charge is -2.37. The van der Waals surface area contributed by atoms with Gasteiger partial charge in [0.25, 0.3) is 6.04 Å². The van der Waals surface area contributed by atoms with Crippen LogP contribution in [0.5, 0.6) is 0 Å². The van der Waals surface area contributed by atoms with Gasteiger partial charge in [-0.3, -0.25) is 4.79 Å². The first-order valence-electron chi connectivity index (χ1n) is 8.73. The van der Waals surface area contributed by atoms with Crippen LogP contribution in [0.4, 0.5) is 0 Å². The lowest BCUT2D eigenvalue weighted by molar-refractivity contribution is -0.716. The van der Waals surface area contributed by atoms with Crippen LogP contribution in [-0.4, -0.2) is 22.0 Å². The van der Waals surface area contributed by atoms with Gasteiger partial charge in [0.05, 0.1) is 11.2 Å². The number of carbonyl (C=O) groups excluding carboxylic acids is 1. The van der Waals surface area contributed by atoms with Gasteiger partial charge in [-0.05, 0) is 18.8 Å². The number of pyridine rings is 1. The van der Waals surface area contributed by atoms with Crippen molar-refractivity contribution in [3.8, 4) is 0 Å². The van der Waals surface area contributed by atoms with E-state index >= 15 is 0 Å². The molecule has 0 radical (unpaired) electrons. The van der Waals surface area contributed by atoms with Crippen molar-refractivity contribution in [2.24, 2.45) is 17.3 Å². The topological polar surface area (TPSA) is 78.5 Å². The van der Waals surface area contributed by atoms with Gasteiger partial charge in [-0.25, -0.2) is 4.79 Å². The number of nitrogens with zero attached hydrogens (tertiary/aromatic N) is 1. The van der Waals surface area contributed by atoms with Crippen LogP contribution in [0.25, 0.3) is 0 Å². The van der Waals surface area contributed by atoms with E-state index in [1.165, 1.54) is 0 Å². The molecule has 0 aliphatic heterocycles. The zero-order chi connectivity index (χ0) is 18.7. The number of hydrogen-bond acceptors (Lipinski definition) is 3. The molecule has 0 aromatic carbocycles. The number of hydrogen-bond donors (Lipinski definition) is 2. The smallest absolute Gasteiger partial charge is 0.373 e. The van der Waals surface area contributed by atoms with Crippen LogP contribution in [0.1, 0.15) is 63.0 Å². The molecule has 25 heavy (non-hydrogen) atoms. The van der Waals surface area contributed by atoms with E-state index in [2.05, 4.69) is 13.8 Å². The summed E-state index contributed by atoms with van der Waals surface area (Å²) in [6.45, 7) is 9.54. The molecule has 1 aromatic heterocycles. The number of ketones is 1. The Morgan fingerprint density at radius 3 is 2.52 bits per heavy atom. The number of carboxylic acid groups (broad SMARTS) is 1. The van der Waals surface area contributed by atoms with Gasteiger partial charge in [0.2, 0.25) is 0 Å². The van der Waals surface area contributed by atoms with Gasteiger partial charge >= 0.3 is 5.97 Å². The number of carbonyl (C=O) groups is 2. The van der Waals surface area contributed by atoms with Gasteiger partial charge in [0.1, 0.15) is 0 Å². The Bertz CT molecular complexity index is 789. The molecule has 2 aliphatic rings. The Hall–Kier alpha value is -2.01. The first-order valence-corrected chi connectivity index (χ1v) is 8.73. The first-order chi connectivity index (χ1) is 11.5. The second kappa shape index (κ2) is 5.49. The predicted octanol–water partition coefficient (Wildman–Crippen LogP) is 2.63. The molecule has 2 N–H and O–H groups in total. The number of aliphatic hydroxyl groups is 1. The Balaban J connectivity index is 2.16. The van der Waals surface area contributed by atoms with Crippen molar-refractivity contribution in [1.29, 1.82) is 0 Å². The van der Waals surface area contributed by atoms with Crippen molar-refractivity contribution >= 4 is 11.8 Å². The van der Waals surface area contributed by atoms with Crippen LogP contribution >= 0.6 is 0 Å². The molecular formula is C20H26NO4+. The minimum atomic E-state index is -1.14. The molecule has 3 rings (SSSR count). The van der Waals surface area contributed by atoms with Crippen molar-refractivity contribution in [3.63, 3.8) is 0 Å². The van der Waals surface area contributed by atoms with Gasteiger partial charge in [-0.15, -0.1) is 0 Å². The van der Waals surface area contributed by atoms with E-state index in [1.54, 1.807) is 30.0 Å². The minimum Gasteiger partial charge on any atom is -0.476 e. The maximum atomic E-state index is 13.0. The number of fused-ring (bicyclic) bond motifs is 2. The molecule has 2 aliphatic carbocycles. The van der Waals surface area contributed by atoms with E-state index in [0.29, 0.717) is 16.7 Å². The Labute approximate surface area is 148 Å². The number of aromatic nitrogens is 1. The third-order valence-corrected chi connectivity index (χ3v) is 5.57. The molecule has 3 atom stereocenters. The van der Waals surface area contributed by atoms with Gasteiger partial charge in [0.15, 0.2) is 18.2 Å². The van der Waals surface area contributed by atoms with Crippen LogP contribution < -0.4 is 4.57 Å². The van der Waals surface area contributed by atoms with Gasteiger partial charge in [0, 0.05) is 29.0 Å². The van der Waals surface area contributed by atoms with Gasteiger partial charge in [-0.1, -0.05) is 33.8 Å². The molecule has 0 bridgehead atoms. The van der Waals surface area contributed by atoms with Gasteiger partial charge < -0.3 is 10.2 Å². The van der Waals surface area contributed by atoms with E-state index in [0.717, 1.165) is 6.42 Å². The molecule has 0 spiro atoms. The summed E-state index contributed by atoms with van der Waals surface area (Å²) in [6.07, 6.45) is 5.94. The number of Topliss-reactive ketones (excluding diaryl/α,β-unsaturated/α-hetero) is 1. The minimum absolute atomic E-state index is 0.0978. The third-order valence-electron chi connectivity index (χ3n) is 5.57. The van der Waals surface area contributed by atoms with Crippen molar-refractivity contribution in [2.45, 2.75) is 52.7 Å². The van der Waals surface area contributed by atoms with Crippen LogP contribution in [0.15, 0.2) is 30.1 Å². The normalized spacial score (nSPS) is 28.4. The summed E-state index contributed by atoms with van der Waals surface area (Å²) in [7, 11) is 0. The van der Waals surface area contributed by atoms with E-state index in [-0.39, 0.29) is 23.0 Å². The highest BCUT2D eigenvalue weighted by Gasteiger charge is 2.51. The largest absolute Gasteiger partial charge is 0.476 e. The van der Waals surface area contributed by atoms with E-state index in [1.807, 2.05) is 19.9 Å². The quantitative estimate of drug-likeness (QED) is 0.826. The van der Waals surface area contributed by atoms with Crippen molar-refractivity contribution < 1.29 is 24.4 Å². The summed E-state index contributed by atoms with van der Waals surface area (Å²) in [5.41, 5.74) is 0.357. The monoisotopic (exact) mass is 344 g/mol. The summed E-state index contributed by atoms with van der Waals surface area (Å²) in [6, 6.07) is 0.947. The van der Waals surface area contributed by atoms with Crippen LogP contribution in [0.3, 0.4) is 0 Å². The fraction of sp³-hybridized carbons (Fsp3) is 0.550. The molecule has 5 heteroatoms. The third kappa shape index (κ3) is 2.71. The number of aliphatic carboxylic acids is 1. The Morgan fingerprint density at radius 1 is 1.32 bits per heavy atom. The fourth-order valence-corrected chi connectivity index (χ4v) is 4.35. The Kier molecular flexibility index (Phi) is 3.91. The molecule has 1 heterocycles. The summed E-state index contributed by atoms with van der Waals surface area (Å²) >= 11 is 0. The summed E-state index contributed by atoms with van der Waals surface area (Å²) in [5.74, 6) is -1.38. The molecule has 5 nitrogen and oxygen atoms in total. The van der Waals surface area contributed by atoms with Crippen molar-refractivity contribution in [2.75, 3.05) is 0 Å². The summed E-state index contributed by atoms with van der Waals surface area (Å²) in [5, 5.41) is 20.7. The second-order valence-corrected chi connectivity index (χ2v) is 8.57. The van der Waals surface area contributed by atoms with E-state index in [9.17, 15) is 19.8 Å². The highest BCUT2D eigenvalue weighted by molar-refractivity contribution is 6.11. The second-order valence-electron chi connectivity index (χ2n) is 8.57. The SMILES string of the molecule is CC(C)[C@@H](C(=O)O)[n+]1ccc2c(c1)C(=O)C1=CC(C)(C)CC1C2(C)O. The molecule has 0 saturated carbocycles.